The van der Waals surface area contributed by atoms with Gasteiger partial charge in [-0.1, -0.05) is 115 Å². The minimum absolute atomic E-state index is 0.0532. The van der Waals surface area contributed by atoms with E-state index in [9.17, 15) is 19.5 Å². The van der Waals surface area contributed by atoms with Crippen LogP contribution in [-0.4, -0.2) is 80.6 Å². The maximum Gasteiger partial charge on any atom is 0.362 e. The molecule has 2 atom stereocenters. The number of hydrogen-bond donors (Lipinski definition) is 1. The number of allylic oxidation sites excluding steroid dienone is 6. The zero-order valence-electron chi connectivity index (χ0n) is 32.8. The Hall–Kier alpha value is -2.45. The highest BCUT2D eigenvalue weighted by Gasteiger charge is 2.31. The van der Waals surface area contributed by atoms with E-state index in [1.165, 1.54) is 44.9 Å². The number of aliphatic carboxylic acids is 1. The molecule has 0 aromatic rings. The average molecular weight is 707 g/mol. The number of rotatable bonds is 35. The lowest BCUT2D eigenvalue weighted by molar-refractivity contribution is -0.887. The fraction of sp³-hybridized carbons (Fsp3) is 0.786. The fourth-order valence-corrected chi connectivity index (χ4v) is 5.59. The molecule has 8 nitrogen and oxygen atoms in total. The van der Waals surface area contributed by atoms with Crippen LogP contribution in [0.3, 0.4) is 0 Å². The van der Waals surface area contributed by atoms with Crippen molar-refractivity contribution in [3.8, 4) is 0 Å². The van der Waals surface area contributed by atoms with E-state index in [1.807, 2.05) is 21.1 Å². The molecule has 0 saturated carbocycles. The van der Waals surface area contributed by atoms with Crippen molar-refractivity contribution in [1.82, 2.24) is 0 Å². The molecule has 0 aliphatic heterocycles. The molecule has 0 aliphatic rings. The number of hydrogen-bond acceptors (Lipinski definition) is 6. The Morgan fingerprint density at radius 3 is 1.64 bits per heavy atom. The van der Waals surface area contributed by atoms with Crippen molar-refractivity contribution >= 4 is 17.9 Å². The van der Waals surface area contributed by atoms with Crippen molar-refractivity contribution in [1.29, 1.82) is 0 Å². The van der Waals surface area contributed by atoms with Crippen LogP contribution in [0.25, 0.3) is 0 Å². The van der Waals surface area contributed by atoms with Gasteiger partial charge in [-0.2, -0.15) is 0 Å². The lowest BCUT2D eigenvalue weighted by Crippen LogP contribution is -2.50. The molecule has 0 fully saturated rings. The van der Waals surface area contributed by atoms with E-state index in [2.05, 4.69) is 50.3 Å². The molecule has 0 aromatic carbocycles. The highest BCUT2D eigenvalue weighted by molar-refractivity contribution is 5.72. The van der Waals surface area contributed by atoms with Gasteiger partial charge in [0.15, 0.2) is 12.1 Å². The second-order valence-corrected chi connectivity index (χ2v) is 14.5. The first kappa shape index (κ1) is 47.5. The number of esters is 2. The van der Waals surface area contributed by atoms with Crippen molar-refractivity contribution < 1.29 is 38.2 Å². The Morgan fingerprint density at radius 2 is 1.10 bits per heavy atom. The zero-order valence-corrected chi connectivity index (χ0v) is 32.8. The van der Waals surface area contributed by atoms with Gasteiger partial charge in [-0.05, 0) is 64.2 Å². The van der Waals surface area contributed by atoms with Crippen LogP contribution in [0.4, 0.5) is 0 Å². The largest absolute Gasteiger partial charge is 0.477 e. The van der Waals surface area contributed by atoms with Crippen molar-refractivity contribution in [2.24, 2.45) is 0 Å². The van der Waals surface area contributed by atoms with Gasteiger partial charge in [0.1, 0.15) is 6.61 Å². The normalized spacial score (nSPS) is 13.4. The molecule has 0 heterocycles. The molecular weight excluding hydrogens is 630 g/mol. The lowest BCUT2D eigenvalue weighted by atomic mass is 10.1. The maximum absolute atomic E-state index is 12.7. The summed E-state index contributed by atoms with van der Waals surface area (Å²) in [5, 5.41) is 9.59. The number of quaternary nitrogens is 1. The van der Waals surface area contributed by atoms with Crippen LogP contribution in [0.2, 0.25) is 0 Å². The summed E-state index contributed by atoms with van der Waals surface area (Å²) in [6, 6.07) is -0.616. The molecule has 0 saturated heterocycles. The summed E-state index contributed by atoms with van der Waals surface area (Å²) >= 11 is 0. The SMILES string of the molecule is CCC/C=C\C/C=C\CCCCCCCC(=O)OC(COCCC(C(=O)O)[N+](C)(C)C)COC(=O)CCCCCCC/C=C\CCCCCC. The molecular formula is C42H76NO7+. The number of ether oxygens (including phenoxy) is 3. The van der Waals surface area contributed by atoms with Gasteiger partial charge in [0, 0.05) is 19.3 Å². The van der Waals surface area contributed by atoms with E-state index < -0.39 is 18.1 Å². The number of carboxylic acids is 1. The number of nitrogens with zero attached hydrogens (tertiary/aromatic N) is 1. The van der Waals surface area contributed by atoms with Gasteiger partial charge in [-0.15, -0.1) is 0 Å². The first-order valence-electron chi connectivity index (χ1n) is 20.0. The molecule has 0 rings (SSSR count). The van der Waals surface area contributed by atoms with E-state index >= 15 is 0 Å². The molecule has 1 N–H and O–H groups in total. The Balaban J connectivity index is 4.44. The fourth-order valence-electron chi connectivity index (χ4n) is 5.59. The van der Waals surface area contributed by atoms with Crippen LogP contribution in [0.5, 0.6) is 0 Å². The first-order valence-corrected chi connectivity index (χ1v) is 20.0. The van der Waals surface area contributed by atoms with Gasteiger partial charge in [0.05, 0.1) is 34.4 Å². The molecule has 0 bridgehead atoms. The molecule has 0 aliphatic carbocycles. The van der Waals surface area contributed by atoms with Gasteiger partial charge < -0.3 is 23.8 Å². The third kappa shape index (κ3) is 31.5. The maximum atomic E-state index is 12.7. The summed E-state index contributed by atoms with van der Waals surface area (Å²) in [6.45, 7) is 4.62. The number of likely N-dealkylation sites (N-methyl/N-ethyl adjacent to an activating group) is 1. The van der Waals surface area contributed by atoms with E-state index in [-0.39, 0.29) is 36.2 Å². The summed E-state index contributed by atoms with van der Waals surface area (Å²) in [4.78, 5) is 36.8. The van der Waals surface area contributed by atoms with Crippen LogP contribution in [0, 0.1) is 0 Å². The molecule has 290 valence electrons. The third-order valence-electron chi connectivity index (χ3n) is 8.74. The topological polar surface area (TPSA) is 99.1 Å². The zero-order chi connectivity index (χ0) is 37.1. The van der Waals surface area contributed by atoms with Gasteiger partial charge >= 0.3 is 17.9 Å². The Bertz CT molecular complexity index is 922. The van der Waals surface area contributed by atoms with Gasteiger partial charge in [0.25, 0.3) is 0 Å². The molecule has 0 aromatic heterocycles. The van der Waals surface area contributed by atoms with E-state index in [0.717, 1.165) is 83.5 Å². The predicted octanol–water partition coefficient (Wildman–Crippen LogP) is 10.3. The molecule has 0 radical (unpaired) electrons. The van der Waals surface area contributed by atoms with Crippen molar-refractivity contribution in [3.05, 3.63) is 36.5 Å². The Kier molecular flexibility index (Phi) is 32.0. The molecule has 0 amide bonds. The number of carboxylic acid groups (broad SMARTS) is 1. The van der Waals surface area contributed by atoms with Crippen molar-refractivity contribution in [3.63, 3.8) is 0 Å². The van der Waals surface area contributed by atoms with Gasteiger partial charge in [0.2, 0.25) is 0 Å². The van der Waals surface area contributed by atoms with Crippen molar-refractivity contribution in [2.75, 3.05) is 41.0 Å². The monoisotopic (exact) mass is 707 g/mol. The number of carbonyl (C=O) groups excluding carboxylic acids is 2. The second kappa shape index (κ2) is 33.7. The lowest BCUT2D eigenvalue weighted by Gasteiger charge is -2.31. The Labute approximate surface area is 306 Å². The van der Waals surface area contributed by atoms with Crippen LogP contribution in [0.1, 0.15) is 162 Å². The van der Waals surface area contributed by atoms with E-state index in [4.69, 9.17) is 14.2 Å². The first-order chi connectivity index (χ1) is 24.1. The quantitative estimate of drug-likeness (QED) is 0.0303. The summed E-state index contributed by atoms with van der Waals surface area (Å²) in [7, 11) is 5.51. The smallest absolute Gasteiger partial charge is 0.362 e. The van der Waals surface area contributed by atoms with Gasteiger partial charge in [-0.25, -0.2) is 4.79 Å². The number of carbonyl (C=O) groups is 3. The minimum Gasteiger partial charge on any atom is -0.477 e. The number of unbranched alkanes of at least 4 members (excludes halogenated alkanes) is 15. The van der Waals surface area contributed by atoms with Crippen LogP contribution in [0.15, 0.2) is 36.5 Å². The highest BCUT2D eigenvalue weighted by atomic mass is 16.6. The molecule has 50 heavy (non-hydrogen) atoms. The third-order valence-corrected chi connectivity index (χ3v) is 8.74. The van der Waals surface area contributed by atoms with Crippen LogP contribution >= 0.6 is 0 Å². The van der Waals surface area contributed by atoms with Crippen LogP contribution < -0.4 is 0 Å². The summed E-state index contributed by atoms with van der Waals surface area (Å²) < 4.78 is 17.2. The summed E-state index contributed by atoms with van der Waals surface area (Å²) in [5.74, 6) is -1.50. The molecule has 2 unspecified atom stereocenters. The summed E-state index contributed by atoms with van der Waals surface area (Å²) in [5.41, 5.74) is 0. The van der Waals surface area contributed by atoms with E-state index in [0.29, 0.717) is 19.3 Å². The van der Waals surface area contributed by atoms with Gasteiger partial charge in [-0.3, -0.25) is 9.59 Å². The predicted molar refractivity (Wildman–Crippen MR) is 206 cm³/mol. The molecule has 0 spiro atoms. The Morgan fingerprint density at radius 1 is 0.600 bits per heavy atom. The van der Waals surface area contributed by atoms with Crippen LogP contribution in [-0.2, 0) is 28.6 Å². The standard InChI is InChI=1S/C42H75NO7/c1-6-8-10-12-14-16-18-20-22-24-26-28-30-32-40(44)49-37-38(36-48-35-34-39(42(46)47)43(3,4)5)50-41(45)33-31-29-27-25-23-21-19-17-15-13-11-9-7-2/h11,13,16-19,38-39H,6-10,12,14-15,20-37H2,1-5H3/p+1/b13-11-,18-16-,19-17-. The second-order valence-electron chi connectivity index (χ2n) is 14.5. The summed E-state index contributed by atoms with van der Waals surface area (Å²) in [6.07, 6.45) is 36.1. The van der Waals surface area contributed by atoms with E-state index in [1.54, 1.807) is 0 Å². The average Bonchev–Trinajstić information content (AvgIpc) is 3.06. The highest BCUT2D eigenvalue weighted by Crippen LogP contribution is 2.13. The molecule has 8 heteroatoms. The van der Waals surface area contributed by atoms with Crippen molar-refractivity contribution in [2.45, 2.75) is 174 Å². The minimum atomic E-state index is -0.880.